The fourth-order valence-corrected chi connectivity index (χ4v) is 2.31. The molecule has 1 unspecified atom stereocenters. The van der Waals surface area contributed by atoms with Crippen LogP contribution in [0, 0.1) is 6.92 Å². The molecular weight excluding hydrogens is 290 g/mol. The van der Waals surface area contributed by atoms with Crippen molar-refractivity contribution in [3.8, 4) is 0 Å². The largest absolute Gasteiger partial charge is 0.376 e. The zero-order chi connectivity index (χ0) is 16.3. The van der Waals surface area contributed by atoms with Crippen LogP contribution >= 0.6 is 0 Å². The van der Waals surface area contributed by atoms with Gasteiger partial charge in [0.1, 0.15) is 6.23 Å². The van der Waals surface area contributed by atoms with Crippen LogP contribution in [0.1, 0.15) is 32.1 Å². The Labute approximate surface area is 126 Å². The summed E-state index contributed by atoms with van der Waals surface area (Å²) in [5, 5.41) is 3.72. The molecule has 9 heteroatoms. The molecule has 1 fully saturated rings. The normalized spacial score (nSPS) is 24.5. The number of nitrogens with one attached hydrogen (secondary N) is 1. The Morgan fingerprint density at radius 1 is 1.59 bits per heavy atom. The van der Waals surface area contributed by atoms with Gasteiger partial charge in [0, 0.05) is 23.1 Å². The predicted octanol–water partition coefficient (Wildman–Crippen LogP) is 1.24. The maximum atomic E-state index is 11.9. The first-order valence-corrected chi connectivity index (χ1v) is 7.05. The molecule has 1 aromatic heterocycles. The van der Waals surface area contributed by atoms with Crippen LogP contribution in [0.3, 0.4) is 0 Å². The summed E-state index contributed by atoms with van der Waals surface area (Å²) in [6.07, 6.45) is 0.792. The Morgan fingerprint density at radius 3 is 2.95 bits per heavy atom. The quantitative estimate of drug-likeness (QED) is 0.499. The van der Waals surface area contributed by atoms with Crippen molar-refractivity contribution in [3.63, 3.8) is 0 Å². The SMILES string of the molecule is Cc1cn(C2C[C@H](N=[N+]=[N-])[C@@H](COC(C)C)O2)c(=O)[nH]c1=O. The van der Waals surface area contributed by atoms with Gasteiger partial charge < -0.3 is 9.47 Å². The fourth-order valence-electron chi connectivity index (χ4n) is 2.31. The van der Waals surface area contributed by atoms with Gasteiger partial charge in [-0.2, -0.15) is 0 Å². The second kappa shape index (κ2) is 6.78. The van der Waals surface area contributed by atoms with Gasteiger partial charge >= 0.3 is 5.69 Å². The molecule has 0 aromatic carbocycles. The van der Waals surface area contributed by atoms with Crippen molar-refractivity contribution < 1.29 is 9.47 Å². The van der Waals surface area contributed by atoms with E-state index in [1.807, 2.05) is 13.8 Å². The van der Waals surface area contributed by atoms with Gasteiger partial charge in [-0.1, -0.05) is 5.11 Å². The first-order valence-electron chi connectivity index (χ1n) is 7.05. The lowest BCUT2D eigenvalue weighted by molar-refractivity contribution is -0.0577. The van der Waals surface area contributed by atoms with Crippen LogP contribution < -0.4 is 11.2 Å². The van der Waals surface area contributed by atoms with Gasteiger partial charge in [-0.05, 0) is 26.3 Å². The maximum Gasteiger partial charge on any atom is 0.330 e. The molecular formula is C13H19N5O4. The lowest BCUT2D eigenvalue weighted by Gasteiger charge is -2.18. The number of ether oxygens (including phenoxy) is 2. The van der Waals surface area contributed by atoms with E-state index in [9.17, 15) is 9.59 Å². The van der Waals surface area contributed by atoms with E-state index in [1.54, 1.807) is 6.92 Å². The van der Waals surface area contributed by atoms with Crippen LogP contribution in [0.15, 0.2) is 20.9 Å². The molecule has 1 aliphatic rings. The summed E-state index contributed by atoms with van der Waals surface area (Å²) in [5.41, 5.74) is 8.09. The molecule has 1 saturated heterocycles. The van der Waals surface area contributed by atoms with Gasteiger partial charge in [-0.25, -0.2) is 4.79 Å². The van der Waals surface area contributed by atoms with E-state index in [0.29, 0.717) is 12.0 Å². The van der Waals surface area contributed by atoms with Gasteiger partial charge in [-0.15, -0.1) is 0 Å². The Balaban J connectivity index is 2.23. The Bertz CT molecular complexity index is 688. The van der Waals surface area contributed by atoms with Crippen molar-refractivity contribution in [2.24, 2.45) is 5.11 Å². The van der Waals surface area contributed by atoms with Gasteiger partial charge in [0.2, 0.25) is 0 Å². The summed E-state index contributed by atoms with van der Waals surface area (Å²) in [5.74, 6) is 0. The summed E-state index contributed by atoms with van der Waals surface area (Å²) >= 11 is 0. The number of aryl methyl sites for hydroxylation is 1. The smallest absolute Gasteiger partial charge is 0.330 e. The fraction of sp³-hybridized carbons (Fsp3) is 0.692. The number of nitrogens with zero attached hydrogens (tertiary/aromatic N) is 4. The second-order valence-electron chi connectivity index (χ2n) is 5.50. The zero-order valence-electron chi connectivity index (χ0n) is 12.7. The van der Waals surface area contributed by atoms with Crippen molar-refractivity contribution in [3.05, 3.63) is 43.0 Å². The van der Waals surface area contributed by atoms with E-state index in [-0.39, 0.29) is 12.7 Å². The van der Waals surface area contributed by atoms with E-state index in [4.69, 9.17) is 15.0 Å². The van der Waals surface area contributed by atoms with E-state index in [0.717, 1.165) is 0 Å². The highest BCUT2D eigenvalue weighted by Crippen LogP contribution is 2.30. The molecule has 0 aliphatic carbocycles. The summed E-state index contributed by atoms with van der Waals surface area (Å²) in [4.78, 5) is 28.4. The standard InChI is InChI=1S/C13H19N5O4/c1-7(2)21-6-10-9(16-17-14)4-11(22-10)18-5-8(3)12(19)15-13(18)20/h5,7,9-11H,4,6H2,1-3H3,(H,15,19,20)/t9-,10+,11?/m0/s1. The number of hydrogen-bond donors (Lipinski definition) is 1. The van der Waals surface area contributed by atoms with Crippen LogP contribution in [0.4, 0.5) is 0 Å². The zero-order valence-corrected chi connectivity index (χ0v) is 12.7. The summed E-state index contributed by atoms with van der Waals surface area (Å²) < 4.78 is 12.6. The van der Waals surface area contributed by atoms with E-state index >= 15 is 0 Å². The van der Waals surface area contributed by atoms with E-state index in [2.05, 4.69) is 15.0 Å². The second-order valence-corrected chi connectivity index (χ2v) is 5.50. The third-order valence-electron chi connectivity index (χ3n) is 3.45. The average Bonchev–Trinajstić information content (AvgIpc) is 2.84. The maximum absolute atomic E-state index is 11.9. The number of aromatic amines is 1. The highest BCUT2D eigenvalue weighted by atomic mass is 16.6. The minimum Gasteiger partial charge on any atom is -0.376 e. The molecule has 0 amide bonds. The molecule has 1 aromatic rings. The molecule has 1 N–H and O–H groups in total. The molecule has 1 aliphatic heterocycles. The van der Waals surface area contributed by atoms with Gasteiger partial charge in [-0.3, -0.25) is 14.3 Å². The van der Waals surface area contributed by atoms with Crippen LogP contribution in [0.5, 0.6) is 0 Å². The molecule has 2 rings (SSSR count). The van der Waals surface area contributed by atoms with Crippen molar-refractivity contribution in [1.29, 1.82) is 0 Å². The first kappa shape index (κ1) is 16.3. The predicted molar refractivity (Wildman–Crippen MR) is 78.6 cm³/mol. The first-order chi connectivity index (χ1) is 10.4. The Kier molecular flexibility index (Phi) is 5.02. The molecule has 22 heavy (non-hydrogen) atoms. The highest BCUT2D eigenvalue weighted by Gasteiger charge is 2.36. The molecule has 120 valence electrons. The lowest BCUT2D eigenvalue weighted by atomic mass is 10.1. The number of hydrogen-bond acceptors (Lipinski definition) is 5. The Hall–Kier alpha value is -2.09. The molecule has 2 heterocycles. The Morgan fingerprint density at radius 2 is 2.32 bits per heavy atom. The van der Waals surface area contributed by atoms with Crippen molar-refractivity contribution in [1.82, 2.24) is 9.55 Å². The summed E-state index contributed by atoms with van der Waals surface area (Å²) in [6, 6.07) is -0.423. The van der Waals surface area contributed by atoms with Crippen molar-refractivity contribution in [2.45, 2.75) is 51.7 Å². The van der Waals surface area contributed by atoms with Gasteiger partial charge in [0.05, 0.1) is 24.9 Å². The molecule has 0 saturated carbocycles. The van der Waals surface area contributed by atoms with Crippen molar-refractivity contribution in [2.75, 3.05) is 6.61 Å². The number of H-pyrrole nitrogens is 1. The number of azide groups is 1. The minimum absolute atomic E-state index is 0.0208. The third kappa shape index (κ3) is 3.56. The van der Waals surface area contributed by atoms with E-state index < -0.39 is 29.6 Å². The van der Waals surface area contributed by atoms with Gasteiger partial charge in [0.25, 0.3) is 5.56 Å². The van der Waals surface area contributed by atoms with Gasteiger partial charge in [0.15, 0.2) is 0 Å². The monoisotopic (exact) mass is 309 g/mol. The number of rotatable bonds is 5. The molecule has 0 bridgehead atoms. The molecule has 0 radical (unpaired) electrons. The van der Waals surface area contributed by atoms with Crippen molar-refractivity contribution >= 4 is 0 Å². The van der Waals surface area contributed by atoms with Crippen LogP contribution in [0.25, 0.3) is 10.4 Å². The summed E-state index contributed by atoms with van der Waals surface area (Å²) in [7, 11) is 0. The van der Waals surface area contributed by atoms with E-state index in [1.165, 1.54) is 10.8 Å². The molecule has 0 spiro atoms. The van der Waals surface area contributed by atoms with Crippen LogP contribution in [-0.4, -0.2) is 34.4 Å². The number of aromatic nitrogens is 2. The highest BCUT2D eigenvalue weighted by molar-refractivity contribution is 5.02. The molecule has 3 atom stereocenters. The van der Waals surface area contributed by atoms with Crippen LogP contribution in [-0.2, 0) is 9.47 Å². The topological polar surface area (TPSA) is 122 Å². The summed E-state index contributed by atoms with van der Waals surface area (Å²) in [6.45, 7) is 5.67. The van der Waals surface area contributed by atoms with Crippen LogP contribution in [0.2, 0.25) is 0 Å². The minimum atomic E-state index is -0.598. The lowest BCUT2D eigenvalue weighted by Crippen LogP contribution is -2.33. The third-order valence-corrected chi connectivity index (χ3v) is 3.45. The molecule has 9 nitrogen and oxygen atoms in total. The average molecular weight is 309 g/mol.